The van der Waals surface area contributed by atoms with Crippen molar-refractivity contribution in [3.63, 3.8) is 0 Å². The van der Waals surface area contributed by atoms with Crippen molar-refractivity contribution in [3.05, 3.63) is 64.0 Å². The van der Waals surface area contributed by atoms with Gasteiger partial charge in [0.15, 0.2) is 5.76 Å². The molecule has 0 saturated carbocycles. The lowest BCUT2D eigenvalue weighted by Crippen LogP contribution is -2.01. The second-order valence-electron chi connectivity index (χ2n) is 4.24. The van der Waals surface area contributed by atoms with Gasteiger partial charge in [0, 0.05) is 16.3 Å². The number of hydrogen-bond acceptors (Lipinski definition) is 3. The minimum Gasteiger partial charge on any atom is -0.506 e. The first-order valence-electron chi connectivity index (χ1n) is 5.77. The highest BCUT2D eigenvalue weighted by molar-refractivity contribution is 6.45. The Morgan fingerprint density at radius 3 is 2.60 bits per heavy atom. The maximum absolute atomic E-state index is 12.5. The number of aromatic hydroxyl groups is 1. The van der Waals surface area contributed by atoms with Crippen LogP contribution in [0.3, 0.4) is 0 Å². The van der Waals surface area contributed by atoms with Gasteiger partial charge in [-0.3, -0.25) is 4.79 Å². The van der Waals surface area contributed by atoms with Gasteiger partial charge < -0.3 is 9.52 Å². The first kappa shape index (κ1) is 13.0. The van der Waals surface area contributed by atoms with Crippen molar-refractivity contribution in [3.8, 4) is 5.75 Å². The van der Waals surface area contributed by atoms with E-state index >= 15 is 0 Å². The first-order chi connectivity index (χ1) is 9.59. The number of phenols is 1. The Kier molecular flexibility index (Phi) is 3.16. The van der Waals surface area contributed by atoms with Gasteiger partial charge in [-0.2, -0.15) is 0 Å². The molecule has 1 N–H and O–H groups in total. The molecule has 1 aromatic heterocycles. The number of carbonyl (C=O) groups excluding carboxylic acids is 1. The number of carbonyl (C=O) groups is 1. The number of fused-ring (bicyclic) bond motifs is 1. The number of halogens is 2. The summed E-state index contributed by atoms with van der Waals surface area (Å²) in [5, 5.41) is 11.0. The minimum atomic E-state index is -0.377. The van der Waals surface area contributed by atoms with Crippen LogP contribution >= 0.6 is 23.2 Å². The maximum Gasteiger partial charge on any atom is 0.230 e. The highest BCUT2D eigenvalue weighted by Gasteiger charge is 2.21. The fourth-order valence-corrected chi connectivity index (χ4v) is 2.42. The summed E-state index contributed by atoms with van der Waals surface area (Å²) in [5.74, 6) is -0.347. The van der Waals surface area contributed by atoms with E-state index in [-0.39, 0.29) is 32.9 Å². The second kappa shape index (κ2) is 4.85. The molecule has 2 aromatic carbocycles. The predicted octanol–water partition coefficient (Wildman–Crippen LogP) is 4.68. The standard InChI is InChI=1S/C15H8Cl2O3/c16-12-10(5-6-11(18)13(12)17)14(19)15-9-4-2-1-3-8(9)7-20-15/h1-7,18H. The Labute approximate surface area is 124 Å². The predicted molar refractivity (Wildman–Crippen MR) is 77.8 cm³/mol. The van der Waals surface area contributed by atoms with Crippen molar-refractivity contribution in [1.29, 1.82) is 0 Å². The van der Waals surface area contributed by atoms with E-state index in [4.69, 9.17) is 27.6 Å². The quantitative estimate of drug-likeness (QED) is 0.700. The zero-order valence-electron chi connectivity index (χ0n) is 10.1. The summed E-state index contributed by atoms with van der Waals surface area (Å²) in [6.45, 7) is 0. The van der Waals surface area contributed by atoms with Gasteiger partial charge in [-0.25, -0.2) is 0 Å². The molecule has 20 heavy (non-hydrogen) atoms. The lowest BCUT2D eigenvalue weighted by Gasteiger charge is -2.05. The summed E-state index contributed by atoms with van der Waals surface area (Å²) in [7, 11) is 0. The van der Waals surface area contributed by atoms with Crippen LogP contribution in [0.1, 0.15) is 16.1 Å². The number of phenolic OH excluding ortho intramolecular Hbond substituents is 1. The third-order valence-electron chi connectivity index (χ3n) is 3.02. The highest BCUT2D eigenvalue weighted by Crippen LogP contribution is 2.35. The molecule has 0 saturated heterocycles. The summed E-state index contributed by atoms with van der Waals surface area (Å²) in [6, 6.07) is 10.1. The normalized spacial score (nSPS) is 10.9. The van der Waals surface area contributed by atoms with Crippen molar-refractivity contribution in [2.24, 2.45) is 0 Å². The van der Waals surface area contributed by atoms with Crippen LogP contribution in [-0.4, -0.2) is 10.9 Å². The molecule has 0 aliphatic carbocycles. The summed E-state index contributed by atoms with van der Waals surface area (Å²) in [4.78, 5) is 12.5. The van der Waals surface area contributed by atoms with Gasteiger partial charge in [0.1, 0.15) is 10.8 Å². The van der Waals surface area contributed by atoms with Crippen LogP contribution in [0, 0.1) is 0 Å². The largest absolute Gasteiger partial charge is 0.506 e. The third kappa shape index (κ3) is 1.96. The molecule has 1 heterocycles. The van der Waals surface area contributed by atoms with Crippen molar-refractivity contribution >= 4 is 39.8 Å². The summed E-state index contributed by atoms with van der Waals surface area (Å²) in [6.07, 6.45) is 1.51. The van der Waals surface area contributed by atoms with E-state index in [0.717, 1.165) is 5.39 Å². The molecule has 0 fully saturated rings. The molecule has 3 aromatic rings. The Balaban J connectivity index is 2.16. The Bertz CT molecular complexity index is 821. The SMILES string of the molecule is O=C(c1ccc(O)c(Cl)c1Cl)c1occ2ccccc12. The topological polar surface area (TPSA) is 50.4 Å². The Morgan fingerprint density at radius 2 is 1.80 bits per heavy atom. The van der Waals surface area contributed by atoms with Crippen LogP contribution in [0.15, 0.2) is 47.1 Å². The van der Waals surface area contributed by atoms with Crippen LogP contribution in [0.4, 0.5) is 0 Å². The monoisotopic (exact) mass is 306 g/mol. The molecule has 0 amide bonds. The highest BCUT2D eigenvalue weighted by atomic mass is 35.5. The molecule has 0 aliphatic rings. The van der Waals surface area contributed by atoms with Crippen LogP contribution in [0.2, 0.25) is 10.0 Å². The first-order valence-corrected chi connectivity index (χ1v) is 6.53. The van der Waals surface area contributed by atoms with Gasteiger partial charge in [0.05, 0.1) is 11.3 Å². The van der Waals surface area contributed by atoms with Gasteiger partial charge in [0.2, 0.25) is 5.78 Å². The fraction of sp³-hybridized carbons (Fsp3) is 0. The third-order valence-corrected chi connectivity index (χ3v) is 3.89. The van der Waals surface area contributed by atoms with Gasteiger partial charge in [-0.1, -0.05) is 47.5 Å². The summed E-state index contributed by atoms with van der Waals surface area (Å²) < 4.78 is 5.34. The molecule has 0 spiro atoms. The van der Waals surface area contributed by atoms with Crippen molar-refractivity contribution < 1.29 is 14.3 Å². The van der Waals surface area contributed by atoms with E-state index < -0.39 is 0 Å². The average molecular weight is 307 g/mol. The molecule has 100 valence electrons. The summed E-state index contributed by atoms with van der Waals surface area (Å²) >= 11 is 11.8. The number of hydrogen-bond donors (Lipinski definition) is 1. The Hall–Kier alpha value is -1.97. The van der Waals surface area contributed by atoms with E-state index in [1.807, 2.05) is 18.2 Å². The number of benzene rings is 2. The zero-order chi connectivity index (χ0) is 14.3. The van der Waals surface area contributed by atoms with E-state index in [2.05, 4.69) is 0 Å². The van der Waals surface area contributed by atoms with E-state index in [0.29, 0.717) is 5.39 Å². The van der Waals surface area contributed by atoms with Crippen LogP contribution in [0.5, 0.6) is 5.75 Å². The number of ketones is 1. The maximum atomic E-state index is 12.5. The average Bonchev–Trinajstić information content (AvgIpc) is 2.88. The van der Waals surface area contributed by atoms with E-state index in [1.165, 1.54) is 18.4 Å². The minimum absolute atomic E-state index is 0.0112. The lowest BCUT2D eigenvalue weighted by molar-refractivity contribution is 0.101. The molecule has 0 aliphatic heterocycles. The smallest absolute Gasteiger partial charge is 0.230 e. The molecule has 5 heteroatoms. The molecule has 0 unspecified atom stereocenters. The van der Waals surface area contributed by atoms with Gasteiger partial charge in [0.25, 0.3) is 0 Å². The molecule has 0 atom stereocenters. The van der Waals surface area contributed by atoms with Gasteiger partial charge >= 0.3 is 0 Å². The number of rotatable bonds is 2. The van der Waals surface area contributed by atoms with Crippen molar-refractivity contribution in [2.75, 3.05) is 0 Å². The fourth-order valence-electron chi connectivity index (χ4n) is 2.01. The molecule has 0 radical (unpaired) electrons. The molecule has 0 bridgehead atoms. The van der Waals surface area contributed by atoms with E-state index in [1.54, 1.807) is 6.07 Å². The van der Waals surface area contributed by atoms with Crippen LogP contribution in [0.25, 0.3) is 10.8 Å². The number of furan rings is 1. The van der Waals surface area contributed by atoms with Gasteiger partial charge in [-0.05, 0) is 12.1 Å². The van der Waals surface area contributed by atoms with Crippen LogP contribution < -0.4 is 0 Å². The van der Waals surface area contributed by atoms with Crippen molar-refractivity contribution in [2.45, 2.75) is 0 Å². The molecule has 3 nitrogen and oxygen atoms in total. The molecular weight excluding hydrogens is 299 g/mol. The summed E-state index contributed by atoms with van der Waals surface area (Å²) in [5.41, 5.74) is 0.189. The second-order valence-corrected chi connectivity index (χ2v) is 5.00. The Morgan fingerprint density at radius 1 is 1.05 bits per heavy atom. The lowest BCUT2D eigenvalue weighted by atomic mass is 10.1. The van der Waals surface area contributed by atoms with Gasteiger partial charge in [-0.15, -0.1) is 0 Å². The zero-order valence-corrected chi connectivity index (χ0v) is 11.6. The molecular formula is C15H8Cl2O3. The molecule has 3 rings (SSSR count). The van der Waals surface area contributed by atoms with E-state index in [9.17, 15) is 9.90 Å². The van der Waals surface area contributed by atoms with Crippen LogP contribution in [-0.2, 0) is 0 Å². The van der Waals surface area contributed by atoms with Crippen molar-refractivity contribution in [1.82, 2.24) is 0 Å².